The second kappa shape index (κ2) is 4.58. The molecular formula is C10H11FN2O. The summed E-state index contributed by atoms with van der Waals surface area (Å²) in [5.74, 6) is -0.0658. The fourth-order valence-corrected chi connectivity index (χ4v) is 1.12. The molecule has 3 nitrogen and oxygen atoms in total. The summed E-state index contributed by atoms with van der Waals surface area (Å²) in [5, 5.41) is 8.33. The van der Waals surface area contributed by atoms with E-state index < -0.39 is 5.82 Å². The van der Waals surface area contributed by atoms with Gasteiger partial charge in [-0.25, -0.2) is 4.39 Å². The molecule has 0 aliphatic rings. The predicted octanol–water partition coefficient (Wildman–Crippen LogP) is 1.75. The van der Waals surface area contributed by atoms with Crippen LogP contribution in [-0.4, -0.2) is 6.61 Å². The molecule has 0 amide bonds. The van der Waals surface area contributed by atoms with Gasteiger partial charge in [0.25, 0.3) is 0 Å². The lowest BCUT2D eigenvalue weighted by Gasteiger charge is -2.11. The third-order valence-corrected chi connectivity index (χ3v) is 1.76. The molecule has 1 atom stereocenters. The summed E-state index contributed by atoms with van der Waals surface area (Å²) in [6, 6.07) is 5.68. The van der Waals surface area contributed by atoms with Crippen molar-refractivity contribution in [2.75, 3.05) is 6.61 Å². The normalized spacial score (nSPS) is 11.9. The van der Waals surface area contributed by atoms with Gasteiger partial charge in [0, 0.05) is 17.7 Å². The average molecular weight is 194 g/mol. The third-order valence-electron chi connectivity index (χ3n) is 1.76. The fraction of sp³-hybridized carbons (Fsp3) is 0.300. The van der Waals surface area contributed by atoms with Crippen molar-refractivity contribution in [1.82, 2.24) is 0 Å². The van der Waals surface area contributed by atoms with Crippen LogP contribution < -0.4 is 10.5 Å². The van der Waals surface area contributed by atoms with Crippen LogP contribution in [0.1, 0.15) is 18.5 Å². The molecule has 14 heavy (non-hydrogen) atoms. The Morgan fingerprint density at radius 3 is 2.93 bits per heavy atom. The van der Waals surface area contributed by atoms with Gasteiger partial charge in [0.15, 0.2) is 6.61 Å². The summed E-state index contributed by atoms with van der Waals surface area (Å²) in [6.45, 7) is 1.66. The first-order valence-corrected chi connectivity index (χ1v) is 4.20. The summed E-state index contributed by atoms with van der Waals surface area (Å²) < 4.78 is 17.9. The van der Waals surface area contributed by atoms with E-state index in [1.165, 1.54) is 12.1 Å². The van der Waals surface area contributed by atoms with Crippen LogP contribution in [0.15, 0.2) is 18.2 Å². The molecular weight excluding hydrogens is 183 g/mol. The molecule has 0 fully saturated rings. The molecule has 0 aliphatic heterocycles. The summed E-state index contributed by atoms with van der Waals surface area (Å²) in [7, 11) is 0. The first kappa shape index (κ1) is 10.5. The van der Waals surface area contributed by atoms with Gasteiger partial charge >= 0.3 is 0 Å². The van der Waals surface area contributed by atoms with E-state index in [0.717, 1.165) is 0 Å². The van der Waals surface area contributed by atoms with Crippen LogP contribution in [0.25, 0.3) is 0 Å². The highest BCUT2D eigenvalue weighted by Crippen LogP contribution is 2.24. The number of nitrogens with two attached hydrogens (primary N) is 1. The second-order valence-electron chi connectivity index (χ2n) is 2.92. The van der Waals surface area contributed by atoms with Gasteiger partial charge in [-0.05, 0) is 13.0 Å². The van der Waals surface area contributed by atoms with E-state index in [-0.39, 0.29) is 12.6 Å². The maximum absolute atomic E-state index is 12.8. The highest BCUT2D eigenvalue weighted by atomic mass is 19.1. The van der Waals surface area contributed by atoms with E-state index in [0.29, 0.717) is 11.3 Å². The van der Waals surface area contributed by atoms with E-state index in [9.17, 15) is 4.39 Å². The highest BCUT2D eigenvalue weighted by molar-refractivity contribution is 5.36. The van der Waals surface area contributed by atoms with Crippen LogP contribution in [0.5, 0.6) is 5.75 Å². The fourth-order valence-electron chi connectivity index (χ4n) is 1.12. The van der Waals surface area contributed by atoms with Crippen LogP contribution >= 0.6 is 0 Å². The third kappa shape index (κ3) is 2.44. The maximum atomic E-state index is 12.8. The zero-order valence-electron chi connectivity index (χ0n) is 7.83. The molecule has 2 N–H and O–H groups in total. The highest BCUT2D eigenvalue weighted by Gasteiger charge is 2.08. The minimum atomic E-state index is -0.401. The summed E-state index contributed by atoms with van der Waals surface area (Å²) in [5.41, 5.74) is 6.35. The van der Waals surface area contributed by atoms with Gasteiger partial charge in [0.2, 0.25) is 0 Å². The summed E-state index contributed by atoms with van der Waals surface area (Å²) in [4.78, 5) is 0. The topological polar surface area (TPSA) is 59.0 Å². The van der Waals surface area contributed by atoms with Gasteiger partial charge in [-0.15, -0.1) is 0 Å². The smallest absolute Gasteiger partial charge is 0.174 e. The van der Waals surface area contributed by atoms with Crippen molar-refractivity contribution in [3.8, 4) is 11.8 Å². The number of ether oxygens (including phenoxy) is 1. The Kier molecular flexibility index (Phi) is 3.43. The van der Waals surface area contributed by atoms with Gasteiger partial charge in [-0.2, -0.15) is 5.26 Å². The Labute approximate surface area is 81.9 Å². The number of rotatable bonds is 3. The van der Waals surface area contributed by atoms with E-state index in [1.807, 2.05) is 6.07 Å². The van der Waals surface area contributed by atoms with E-state index in [2.05, 4.69) is 0 Å². The molecule has 0 saturated carbocycles. The summed E-state index contributed by atoms with van der Waals surface area (Å²) >= 11 is 0. The average Bonchev–Trinajstić information content (AvgIpc) is 2.14. The van der Waals surface area contributed by atoms with Gasteiger partial charge in [0.05, 0.1) is 0 Å². The molecule has 1 aromatic carbocycles. The van der Waals surface area contributed by atoms with Gasteiger partial charge in [0.1, 0.15) is 17.6 Å². The molecule has 4 heteroatoms. The minimum Gasteiger partial charge on any atom is -0.478 e. The van der Waals surface area contributed by atoms with Crippen LogP contribution in [-0.2, 0) is 0 Å². The lowest BCUT2D eigenvalue weighted by atomic mass is 10.1. The molecule has 1 aromatic rings. The number of benzene rings is 1. The molecule has 0 radical (unpaired) electrons. The molecule has 0 unspecified atom stereocenters. The van der Waals surface area contributed by atoms with E-state index in [1.54, 1.807) is 13.0 Å². The number of nitriles is 1. The molecule has 0 saturated heterocycles. The maximum Gasteiger partial charge on any atom is 0.174 e. The van der Waals surface area contributed by atoms with Gasteiger partial charge in [-0.3, -0.25) is 0 Å². The number of hydrogen-bond donors (Lipinski definition) is 1. The Balaban J connectivity index is 2.98. The standard InChI is InChI=1S/C10H11FN2O/c1-7(13)9-3-2-8(11)6-10(9)14-5-4-12/h2-3,6-7H,5,13H2,1H3/t7-/m1/s1. The van der Waals surface area contributed by atoms with E-state index >= 15 is 0 Å². The molecule has 0 heterocycles. The van der Waals surface area contributed by atoms with E-state index in [4.69, 9.17) is 15.7 Å². The monoisotopic (exact) mass is 194 g/mol. The molecule has 0 aromatic heterocycles. The van der Waals surface area contributed by atoms with Crippen molar-refractivity contribution in [2.45, 2.75) is 13.0 Å². The van der Waals surface area contributed by atoms with Crippen molar-refractivity contribution in [3.05, 3.63) is 29.6 Å². The molecule has 74 valence electrons. The first-order valence-electron chi connectivity index (χ1n) is 4.20. The van der Waals surface area contributed by atoms with Crippen LogP contribution in [0.3, 0.4) is 0 Å². The predicted molar refractivity (Wildman–Crippen MR) is 50.1 cm³/mol. The van der Waals surface area contributed by atoms with Crippen LogP contribution in [0.2, 0.25) is 0 Å². The zero-order valence-corrected chi connectivity index (χ0v) is 7.83. The molecule has 0 bridgehead atoms. The largest absolute Gasteiger partial charge is 0.478 e. The number of nitrogens with zero attached hydrogens (tertiary/aromatic N) is 1. The Morgan fingerprint density at radius 1 is 1.64 bits per heavy atom. The Bertz CT molecular complexity index is 358. The van der Waals surface area contributed by atoms with Crippen molar-refractivity contribution >= 4 is 0 Å². The quantitative estimate of drug-likeness (QED) is 0.797. The molecule has 1 rings (SSSR count). The van der Waals surface area contributed by atoms with Crippen LogP contribution in [0, 0.1) is 17.1 Å². The van der Waals surface area contributed by atoms with Crippen molar-refractivity contribution < 1.29 is 9.13 Å². The van der Waals surface area contributed by atoms with Gasteiger partial charge < -0.3 is 10.5 Å². The lowest BCUT2D eigenvalue weighted by Crippen LogP contribution is -2.08. The van der Waals surface area contributed by atoms with Crippen molar-refractivity contribution in [3.63, 3.8) is 0 Å². The SMILES string of the molecule is C[C@@H](N)c1ccc(F)cc1OCC#N. The van der Waals surface area contributed by atoms with Crippen LogP contribution in [0.4, 0.5) is 4.39 Å². The Hall–Kier alpha value is -1.60. The Morgan fingerprint density at radius 2 is 2.36 bits per heavy atom. The second-order valence-corrected chi connectivity index (χ2v) is 2.92. The zero-order chi connectivity index (χ0) is 10.6. The number of hydrogen-bond acceptors (Lipinski definition) is 3. The number of halogens is 1. The molecule has 0 spiro atoms. The minimum absolute atomic E-state index is 0.108. The van der Waals surface area contributed by atoms with Crippen molar-refractivity contribution in [1.29, 1.82) is 5.26 Å². The molecule has 0 aliphatic carbocycles. The van der Waals surface area contributed by atoms with Gasteiger partial charge in [-0.1, -0.05) is 6.07 Å². The summed E-state index contributed by atoms with van der Waals surface area (Å²) in [6.07, 6.45) is 0. The first-order chi connectivity index (χ1) is 6.65. The van der Waals surface area contributed by atoms with Crippen molar-refractivity contribution in [2.24, 2.45) is 5.73 Å². The lowest BCUT2D eigenvalue weighted by molar-refractivity contribution is 0.359.